The maximum Gasteiger partial charge on any atom is 0.109 e. The molecule has 2 heteroatoms. The van der Waals surface area contributed by atoms with E-state index < -0.39 is 12.2 Å². The van der Waals surface area contributed by atoms with E-state index in [1.807, 2.05) is 25.1 Å². The molecule has 0 heterocycles. The van der Waals surface area contributed by atoms with Gasteiger partial charge in [0, 0.05) is 0 Å². The molecule has 0 radical (unpaired) electrons. The molecule has 110 valence electrons. The summed E-state index contributed by atoms with van der Waals surface area (Å²) in [6.45, 7) is 4.13. The predicted molar refractivity (Wildman–Crippen MR) is 90.9 cm³/mol. The van der Waals surface area contributed by atoms with E-state index in [1.54, 1.807) is 6.08 Å². The smallest absolute Gasteiger partial charge is 0.109 e. The van der Waals surface area contributed by atoms with Crippen molar-refractivity contribution < 1.29 is 10.2 Å². The molecule has 2 N–H and O–H groups in total. The highest BCUT2D eigenvalue weighted by atomic mass is 16.3. The largest absolute Gasteiger partial charge is 0.386 e. The Morgan fingerprint density at radius 2 is 1.64 bits per heavy atom. The summed E-state index contributed by atoms with van der Waals surface area (Å²) in [4.78, 5) is 0. The third-order valence-electron chi connectivity index (χ3n) is 4.89. The first kappa shape index (κ1) is 13.5. The maximum absolute atomic E-state index is 10.5. The lowest BCUT2D eigenvalue weighted by Crippen LogP contribution is -2.21. The van der Waals surface area contributed by atoms with Gasteiger partial charge in [-0.2, -0.15) is 0 Å². The van der Waals surface area contributed by atoms with Crippen molar-refractivity contribution in [1.82, 2.24) is 0 Å². The van der Waals surface area contributed by atoms with Gasteiger partial charge in [-0.05, 0) is 57.6 Å². The molecule has 0 spiro atoms. The van der Waals surface area contributed by atoms with Gasteiger partial charge in [-0.15, -0.1) is 0 Å². The van der Waals surface area contributed by atoms with Gasteiger partial charge in [-0.25, -0.2) is 0 Å². The number of rotatable bonds is 0. The van der Waals surface area contributed by atoms with E-state index in [0.29, 0.717) is 0 Å². The van der Waals surface area contributed by atoms with Gasteiger partial charge in [-0.3, -0.25) is 0 Å². The van der Waals surface area contributed by atoms with Gasteiger partial charge < -0.3 is 10.2 Å². The zero-order valence-corrected chi connectivity index (χ0v) is 12.7. The standard InChI is InChI=1S/C20H18O2/c1-11-14-8-7-13-5-3-4-6-16(13)18(14)12(2)19-15(11)9-10-17(21)20(19)22/h3-10,17,20-22H,1-2H3/t17-,20+/m0/s1. The molecule has 0 aromatic heterocycles. The zero-order chi connectivity index (χ0) is 15.4. The Bertz CT molecular complexity index is 937. The quantitative estimate of drug-likeness (QED) is 0.614. The summed E-state index contributed by atoms with van der Waals surface area (Å²) < 4.78 is 0. The summed E-state index contributed by atoms with van der Waals surface area (Å²) in [5, 5.41) is 25.2. The summed E-state index contributed by atoms with van der Waals surface area (Å²) in [7, 11) is 0. The summed E-state index contributed by atoms with van der Waals surface area (Å²) >= 11 is 0. The number of aliphatic hydroxyl groups is 2. The molecule has 2 atom stereocenters. The third-order valence-corrected chi connectivity index (χ3v) is 4.89. The highest BCUT2D eigenvalue weighted by Crippen LogP contribution is 2.40. The number of benzene rings is 3. The van der Waals surface area contributed by atoms with Gasteiger partial charge in [0.25, 0.3) is 0 Å². The molecule has 0 bridgehead atoms. The molecule has 2 nitrogen and oxygen atoms in total. The first-order valence-electron chi connectivity index (χ1n) is 7.58. The van der Waals surface area contributed by atoms with Gasteiger partial charge in [-0.1, -0.05) is 48.6 Å². The van der Waals surface area contributed by atoms with Gasteiger partial charge in [0.05, 0.1) is 0 Å². The van der Waals surface area contributed by atoms with Crippen LogP contribution in [0.1, 0.15) is 28.4 Å². The van der Waals surface area contributed by atoms with E-state index in [9.17, 15) is 10.2 Å². The molecule has 3 aromatic rings. The van der Waals surface area contributed by atoms with Crippen LogP contribution in [0.2, 0.25) is 0 Å². The minimum atomic E-state index is -0.859. The summed E-state index contributed by atoms with van der Waals surface area (Å²) in [5.41, 5.74) is 4.11. The average molecular weight is 290 g/mol. The topological polar surface area (TPSA) is 40.5 Å². The number of fused-ring (bicyclic) bond motifs is 4. The lowest BCUT2D eigenvalue weighted by molar-refractivity contribution is 0.0466. The Kier molecular flexibility index (Phi) is 2.86. The molecule has 0 fully saturated rings. The number of hydrogen-bond donors (Lipinski definition) is 2. The van der Waals surface area contributed by atoms with Gasteiger partial charge in [0.1, 0.15) is 12.2 Å². The molecule has 0 amide bonds. The van der Waals surface area contributed by atoms with Crippen LogP contribution >= 0.6 is 0 Å². The third kappa shape index (κ3) is 1.68. The second kappa shape index (κ2) is 4.67. The molecule has 0 saturated heterocycles. The molecular formula is C20H18O2. The molecule has 4 rings (SSSR count). The molecule has 1 aliphatic rings. The predicted octanol–water partition coefficient (Wildman–Crippen LogP) is 4.03. The van der Waals surface area contributed by atoms with Gasteiger partial charge in [0.15, 0.2) is 0 Å². The van der Waals surface area contributed by atoms with Gasteiger partial charge >= 0.3 is 0 Å². The normalized spacial score (nSPS) is 20.5. The molecule has 0 aliphatic heterocycles. The van der Waals surface area contributed by atoms with Crippen molar-refractivity contribution in [3.63, 3.8) is 0 Å². The summed E-state index contributed by atoms with van der Waals surface area (Å²) in [6.07, 6.45) is 1.91. The van der Waals surface area contributed by atoms with Crippen molar-refractivity contribution >= 4 is 27.6 Å². The van der Waals surface area contributed by atoms with E-state index in [2.05, 4.69) is 31.2 Å². The minimum Gasteiger partial charge on any atom is -0.386 e. The van der Waals surface area contributed by atoms with Crippen LogP contribution in [0, 0.1) is 13.8 Å². The highest BCUT2D eigenvalue weighted by molar-refractivity contribution is 6.11. The van der Waals surface area contributed by atoms with Crippen molar-refractivity contribution in [2.24, 2.45) is 0 Å². The molecule has 22 heavy (non-hydrogen) atoms. The monoisotopic (exact) mass is 290 g/mol. The van der Waals surface area contributed by atoms with Crippen molar-refractivity contribution in [2.75, 3.05) is 0 Å². The lowest BCUT2D eigenvalue weighted by Gasteiger charge is -2.27. The van der Waals surface area contributed by atoms with E-state index in [4.69, 9.17) is 0 Å². The molecule has 3 aromatic carbocycles. The van der Waals surface area contributed by atoms with Crippen LogP contribution in [0.5, 0.6) is 0 Å². The SMILES string of the molecule is Cc1c2c(c(C)c3c1ccc1ccccc13)[C@H](O)[C@@H](O)C=C2. The Morgan fingerprint density at radius 1 is 0.864 bits per heavy atom. The van der Waals surface area contributed by atoms with Crippen molar-refractivity contribution in [3.8, 4) is 0 Å². The Labute approximate surface area is 129 Å². The Hall–Kier alpha value is -2.16. The van der Waals surface area contributed by atoms with Crippen molar-refractivity contribution in [1.29, 1.82) is 0 Å². The summed E-state index contributed by atoms with van der Waals surface area (Å²) in [5.74, 6) is 0. The van der Waals surface area contributed by atoms with Crippen molar-refractivity contribution in [3.05, 3.63) is 64.7 Å². The van der Waals surface area contributed by atoms with E-state index >= 15 is 0 Å². The molecule has 0 unspecified atom stereocenters. The fraction of sp³-hybridized carbons (Fsp3) is 0.200. The van der Waals surface area contributed by atoms with Crippen LogP contribution in [-0.4, -0.2) is 16.3 Å². The van der Waals surface area contributed by atoms with Crippen LogP contribution < -0.4 is 0 Å². The fourth-order valence-corrected chi connectivity index (χ4v) is 3.74. The first-order valence-corrected chi connectivity index (χ1v) is 7.58. The highest BCUT2D eigenvalue weighted by Gasteiger charge is 2.27. The summed E-state index contributed by atoms with van der Waals surface area (Å²) in [6, 6.07) is 12.6. The number of aliphatic hydroxyl groups excluding tert-OH is 2. The van der Waals surface area contributed by atoms with Gasteiger partial charge in [0.2, 0.25) is 0 Å². The van der Waals surface area contributed by atoms with E-state index in [0.717, 1.165) is 22.3 Å². The number of hydrogen-bond acceptors (Lipinski definition) is 2. The number of aryl methyl sites for hydroxylation is 2. The lowest BCUT2D eigenvalue weighted by atomic mass is 9.82. The zero-order valence-electron chi connectivity index (χ0n) is 12.7. The van der Waals surface area contributed by atoms with E-state index in [-0.39, 0.29) is 0 Å². The molecule has 0 saturated carbocycles. The van der Waals surface area contributed by atoms with Crippen LogP contribution in [0.3, 0.4) is 0 Å². The molecule has 1 aliphatic carbocycles. The fourth-order valence-electron chi connectivity index (χ4n) is 3.74. The second-order valence-corrected chi connectivity index (χ2v) is 6.08. The van der Waals surface area contributed by atoms with Crippen LogP contribution in [0.25, 0.3) is 27.6 Å². The Morgan fingerprint density at radius 3 is 2.45 bits per heavy atom. The van der Waals surface area contributed by atoms with Crippen LogP contribution in [0.4, 0.5) is 0 Å². The maximum atomic E-state index is 10.5. The minimum absolute atomic E-state index is 0.835. The van der Waals surface area contributed by atoms with E-state index in [1.165, 1.54) is 21.5 Å². The van der Waals surface area contributed by atoms with Crippen LogP contribution in [0.15, 0.2) is 42.5 Å². The van der Waals surface area contributed by atoms with Crippen molar-refractivity contribution in [2.45, 2.75) is 26.1 Å². The Balaban J connectivity index is 2.24. The second-order valence-electron chi connectivity index (χ2n) is 6.08. The first-order chi connectivity index (χ1) is 10.6. The van der Waals surface area contributed by atoms with Crippen LogP contribution in [-0.2, 0) is 0 Å². The molecular weight excluding hydrogens is 272 g/mol. The average Bonchev–Trinajstić information content (AvgIpc) is 2.54.